The van der Waals surface area contributed by atoms with Crippen molar-refractivity contribution in [3.8, 4) is 0 Å². The third-order valence-electron chi connectivity index (χ3n) is 3.67. The van der Waals surface area contributed by atoms with E-state index in [9.17, 15) is 10.0 Å². The first-order valence-corrected chi connectivity index (χ1v) is 8.37. The fourth-order valence-corrected chi connectivity index (χ4v) is 3.00. The first-order valence-electron chi connectivity index (χ1n) is 7.12. The van der Waals surface area contributed by atoms with Crippen LogP contribution in [-0.2, 0) is 19.5 Å². The summed E-state index contributed by atoms with van der Waals surface area (Å²) < 4.78 is 10.6. The molecule has 0 aliphatic carbocycles. The number of carbonyl (C=O) groups excluding carboxylic acids is 1. The zero-order chi connectivity index (χ0) is 16.3. The number of nitrogens with zero attached hydrogens (tertiary/aromatic N) is 1. The van der Waals surface area contributed by atoms with Crippen molar-refractivity contribution >= 4 is 28.6 Å². The lowest BCUT2D eigenvalue weighted by atomic mass is 9.80. The summed E-state index contributed by atoms with van der Waals surface area (Å²) in [5.74, 6) is -0.302. The average molecular weight is 410 g/mol. The Hall–Kier alpha value is -0.180. The van der Waals surface area contributed by atoms with Crippen LogP contribution in [0.15, 0.2) is 12.7 Å². The molecule has 0 bridgehead atoms. The zero-order valence-corrected chi connectivity index (χ0v) is 15.4. The second kappa shape index (κ2) is 7.39. The van der Waals surface area contributed by atoms with Crippen molar-refractivity contribution in [2.45, 2.75) is 61.6 Å². The summed E-state index contributed by atoms with van der Waals surface area (Å²) in [6.45, 7) is 11.9. The molecule has 0 aromatic carbocycles. The smallest absolute Gasteiger partial charge is 0.322 e. The van der Waals surface area contributed by atoms with E-state index in [2.05, 4.69) is 6.58 Å². The van der Waals surface area contributed by atoms with Crippen LogP contribution in [0.5, 0.6) is 0 Å². The van der Waals surface area contributed by atoms with E-state index in [0.29, 0.717) is 19.4 Å². The van der Waals surface area contributed by atoms with Gasteiger partial charge in [-0.3, -0.25) is 4.79 Å². The summed E-state index contributed by atoms with van der Waals surface area (Å²) in [4.78, 5) is 11.5. The molecule has 0 spiro atoms. The summed E-state index contributed by atoms with van der Waals surface area (Å²) in [5.41, 5.74) is -0.890. The number of hydroxylamine groups is 2. The number of carbonyl (C=O) groups is 1. The van der Waals surface area contributed by atoms with Crippen LogP contribution in [0.4, 0.5) is 0 Å². The number of ether oxygens (including phenoxy) is 2. The van der Waals surface area contributed by atoms with E-state index in [1.165, 1.54) is 5.06 Å². The SMILES string of the molecule is C=CC(I)C(=O)OCCOC1CC(C)(C)N([O])C(C)(C)C1. The third-order valence-corrected chi connectivity index (χ3v) is 4.68. The Bertz CT molecular complexity index is 366. The van der Waals surface area contributed by atoms with Crippen LogP contribution in [0.3, 0.4) is 0 Å². The van der Waals surface area contributed by atoms with Gasteiger partial charge in [-0.05, 0) is 40.5 Å². The maximum Gasteiger partial charge on any atom is 0.322 e. The number of hydrogen-bond donors (Lipinski definition) is 0. The van der Waals surface area contributed by atoms with Crippen molar-refractivity contribution in [2.24, 2.45) is 0 Å². The van der Waals surface area contributed by atoms with Gasteiger partial charge in [0.05, 0.1) is 12.7 Å². The predicted octanol–water partition coefficient (Wildman–Crippen LogP) is 2.90. The minimum atomic E-state index is -0.445. The number of hydrogen-bond acceptors (Lipinski definition) is 4. The van der Waals surface area contributed by atoms with Gasteiger partial charge in [-0.25, -0.2) is 0 Å². The Morgan fingerprint density at radius 2 is 1.86 bits per heavy atom. The van der Waals surface area contributed by atoms with Crippen molar-refractivity contribution in [3.63, 3.8) is 0 Å². The van der Waals surface area contributed by atoms with E-state index < -0.39 is 11.1 Å². The van der Waals surface area contributed by atoms with E-state index >= 15 is 0 Å². The fourth-order valence-electron chi connectivity index (χ4n) is 2.82. The number of rotatable bonds is 6. The molecule has 1 aliphatic heterocycles. The van der Waals surface area contributed by atoms with Crippen LogP contribution in [0, 0.1) is 0 Å². The summed E-state index contributed by atoms with van der Waals surface area (Å²) in [5, 5.41) is 13.4. The number of esters is 1. The van der Waals surface area contributed by atoms with Crippen molar-refractivity contribution < 1.29 is 19.5 Å². The lowest BCUT2D eigenvalue weighted by molar-refractivity contribution is -0.301. The number of alkyl halides is 1. The van der Waals surface area contributed by atoms with E-state index in [1.54, 1.807) is 6.08 Å². The van der Waals surface area contributed by atoms with E-state index in [4.69, 9.17) is 9.47 Å². The molecule has 1 radical (unpaired) electrons. The molecule has 0 amide bonds. The summed E-state index contributed by atoms with van der Waals surface area (Å²) >= 11 is 1.96. The molecule has 121 valence electrons. The molecule has 6 heteroatoms. The normalized spacial score (nSPS) is 23.5. The van der Waals surface area contributed by atoms with Gasteiger partial charge in [-0.2, -0.15) is 0 Å². The van der Waals surface area contributed by atoms with Crippen LogP contribution in [0.25, 0.3) is 0 Å². The molecule has 0 saturated carbocycles. The minimum Gasteiger partial charge on any atom is -0.462 e. The zero-order valence-electron chi connectivity index (χ0n) is 13.2. The van der Waals surface area contributed by atoms with Crippen molar-refractivity contribution in [1.82, 2.24) is 5.06 Å². The molecular weight excluding hydrogens is 385 g/mol. The number of halogens is 1. The van der Waals surface area contributed by atoms with E-state index in [0.717, 1.165) is 0 Å². The predicted molar refractivity (Wildman–Crippen MR) is 88.6 cm³/mol. The second-order valence-corrected chi connectivity index (χ2v) is 7.97. The quantitative estimate of drug-likeness (QED) is 0.222. The Kier molecular flexibility index (Phi) is 6.64. The van der Waals surface area contributed by atoms with Gasteiger partial charge in [0.25, 0.3) is 0 Å². The molecule has 0 aromatic rings. The van der Waals surface area contributed by atoms with Crippen LogP contribution in [0.2, 0.25) is 0 Å². The van der Waals surface area contributed by atoms with Crippen molar-refractivity contribution in [1.29, 1.82) is 0 Å². The van der Waals surface area contributed by atoms with Crippen molar-refractivity contribution in [3.05, 3.63) is 12.7 Å². The fraction of sp³-hybridized carbons (Fsp3) is 0.800. The van der Waals surface area contributed by atoms with E-state index in [1.807, 2.05) is 50.3 Å². The average Bonchev–Trinajstić information content (AvgIpc) is 2.39. The first kappa shape index (κ1) is 18.9. The molecule has 1 unspecified atom stereocenters. The topological polar surface area (TPSA) is 58.7 Å². The summed E-state index contributed by atoms with van der Waals surface area (Å²) in [6, 6.07) is 0. The minimum absolute atomic E-state index is 0.00806. The Balaban J connectivity index is 2.39. The van der Waals surface area contributed by atoms with Gasteiger partial charge in [0.15, 0.2) is 0 Å². The molecule has 1 saturated heterocycles. The molecule has 1 aliphatic rings. The highest BCUT2D eigenvalue weighted by Crippen LogP contribution is 2.38. The maximum atomic E-state index is 12.2. The second-order valence-electron chi connectivity index (χ2n) is 6.63. The maximum absolute atomic E-state index is 12.2. The Labute approximate surface area is 140 Å². The standard InChI is InChI=1S/C15H25INO4/c1-6-12(16)13(18)21-8-7-20-11-9-14(2,3)17(19)15(4,5)10-11/h6,11-12H,1,7-10H2,2-5H3. The van der Waals surface area contributed by atoms with Gasteiger partial charge in [-0.15, -0.1) is 16.8 Å². The van der Waals surface area contributed by atoms with Gasteiger partial charge in [0, 0.05) is 11.1 Å². The van der Waals surface area contributed by atoms with Crippen LogP contribution in [0.1, 0.15) is 40.5 Å². The molecule has 0 aromatic heterocycles. The molecule has 1 fully saturated rings. The van der Waals surface area contributed by atoms with Gasteiger partial charge in [0.2, 0.25) is 0 Å². The Morgan fingerprint density at radius 3 is 2.33 bits per heavy atom. The molecule has 1 rings (SSSR count). The lowest BCUT2D eigenvalue weighted by Crippen LogP contribution is -2.59. The van der Waals surface area contributed by atoms with Gasteiger partial charge in [-0.1, -0.05) is 28.7 Å². The molecule has 1 atom stereocenters. The molecule has 0 N–H and O–H groups in total. The number of piperidine rings is 1. The molecule has 5 nitrogen and oxygen atoms in total. The first-order chi connectivity index (χ1) is 9.60. The van der Waals surface area contributed by atoms with Gasteiger partial charge < -0.3 is 9.47 Å². The molecule has 1 heterocycles. The summed E-state index contributed by atoms with van der Waals surface area (Å²) in [6.07, 6.45) is 2.90. The van der Waals surface area contributed by atoms with E-state index in [-0.39, 0.29) is 22.6 Å². The Morgan fingerprint density at radius 1 is 1.33 bits per heavy atom. The third kappa shape index (κ3) is 5.19. The van der Waals surface area contributed by atoms with Crippen LogP contribution in [-0.4, -0.2) is 45.4 Å². The lowest BCUT2D eigenvalue weighted by Gasteiger charge is -2.49. The highest BCUT2D eigenvalue weighted by Gasteiger charge is 2.46. The monoisotopic (exact) mass is 410 g/mol. The van der Waals surface area contributed by atoms with Crippen molar-refractivity contribution in [2.75, 3.05) is 13.2 Å². The highest BCUT2D eigenvalue weighted by molar-refractivity contribution is 14.1. The van der Waals surface area contributed by atoms with Gasteiger partial charge >= 0.3 is 5.97 Å². The highest BCUT2D eigenvalue weighted by atomic mass is 127. The molecular formula is C15H25INO4. The van der Waals surface area contributed by atoms with Crippen LogP contribution >= 0.6 is 22.6 Å². The summed E-state index contributed by atoms with van der Waals surface area (Å²) in [7, 11) is 0. The van der Waals surface area contributed by atoms with Gasteiger partial charge in [0.1, 0.15) is 10.5 Å². The molecule has 21 heavy (non-hydrogen) atoms. The largest absolute Gasteiger partial charge is 0.462 e. The van der Waals surface area contributed by atoms with Crippen LogP contribution < -0.4 is 0 Å².